The Morgan fingerprint density at radius 1 is 1.35 bits per heavy atom. The maximum Gasteiger partial charge on any atom is 0.231 e. The lowest BCUT2D eigenvalue weighted by Crippen LogP contribution is -2.39. The number of rotatable bonds is 4. The molecule has 2 heterocycles. The van der Waals surface area contributed by atoms with Crippen LogP contribution in [0.1, 0.15) is 12.0 Å². The first kappa shape index (κ1) is 18.6. The molecule has 1 saturated heterocycles. The van der Waals surface area contributed by atoms with Gasteiger partial charge in [0.15, 0.2) is 17.5 Å². The van der Waals surface area contributed by atoms with Crippen LogP contribution in [0.5, 0.6) is 11.5 Å². The third-order valence-corrected chi connectivity index (χ3v) is 4.34. The monoisotopic (exact) mass is 497 g/mol. The SMILES string of the molecule is CN=C(NCc1cc(Br)c2c(c1)OCO2)NCC1CCOC1.I. The highest BCUT2D eigenvalue weighted by Gasteiger charge is 2.18. The fraction of sp³-hybridized carbons (Fsp3) is 0.533. The zero-order valence-electron chi connectivity index (χ0n) is 12.9. The van der Waals surface area contributed by atoms with Gasteiger partial charge in [-0.3, -0.25) is 4.99 Å². The number of aliphatic imine (C=N–C) groups is 1. The Kier molecular flexibility index (Phi) is 7.22. The Morgan fingerprint density at radius 2 is 2.22 bits per heavy atom. The van der Waals surface area contributed by atoms with Crippen LogP contribution < -0.4 is 20.1 Å². The number of ether oxygens (including phenoxy) is 3. The van der Waals surface area contributed by atoms with E-state index in [9.17, 15) is 0 Å². The first-order valence-electron chi connectivity index (χ1n) is 7.36. The molecule has 6 nitrogen and oxygen atoms in total. The van der Waals surface area contributed by atoms with Gasteiger partial charge in [-0.2, -0.15) is 0 Å². The Labute approximate surface area is 161 Å². The van der Waals surface area contributed by atoms with Gasteiger partial charge in [0.1, 0.15) is 0 Å². The van der Waals surface area contributed by atoms with Gasteiger partial charge in [0.2, 0.25) is 6.79 Å². The van der Waals surface area contributed by atoms with Crippen molar-refractivity contribution in [3.05, 3.63) is 22.2 Å². The number of nitrogens with one attached hydrogen (secondary N) is 2. The Hall–Kier alpha value is -0.740. The molecule has 1 atom stereocenters. The molecule has 2 N–H and O–H groups in total. The Morgan fingerprint density at radius 3 is 2.96 bits per heavy atom. The van der Waals surface area contributed by atoms with Gasteiger partial charge < -0.3 is 24.8 Å². The fourth-order valence-corrected chi connectivity index (χ4v) is 3.12. The third-order valence-electron chi connectivity index (χ3n) is 3.75. The lowest BCUT2D eigenvalue weighted by molar-refractivity contribution is 0.173. The molecule has 1 unspecified atom stereocenters. The lowest BCUT2D eigenvalue weighted by atomic mass is 10.1. The summed E-state index contributed by atoms with van der Waals surface area (Å²) in [5, 5.41) is 6.65. The van der Waals surface area contributed by atoms with Crippen molar-refractivity contribution < 1.29 is 14.2 Å². The minimum Gasteiger partial charge on any atom is -0.454 e. The molecule has 0 saturated carbocycles. The second-order valence-electron chi connectivity index (χ2n) is 5.35. The molecule has 0 radical (unpaired) electrons. The second-order valence-corrected chi connectivity index (χ2v) is 6.20. The molecule has 3 rings (SSSR count). The van der Waals surface area contributed by atoms with E-state index in [0.717, 1.165) is 53.7 Å². The van der Waals surface area contributed by atoms with Crippen molar-refractivity contribution in [1.82, 2.24) is 10.6 Å². The molecule has 2 aliphatic heterocycles. The first-order chi connectivity index (χ1) is 10.8. The van der Waals surface area contributed by atoms with Crippen LogP contribution in [0.25, 0.3) is 0 Å². The van der Waals surface area contributed by atoms with E-state index >= 15 is 0 Å². The zero-order valence-corrected chi connectivity index (χ0v) is 16.8. The Balaban J connectivity index is 0.00000192. The predicted molar refractivity (Wildman–Crippen MR) is 103 cm³/mol. The number of guanidine groups is 1. The molecule has 23 heavy (non-hydrogen) atoms. The van der Waals surface area contributed by atoms with Crippen LogP contribution in [0.2, 0.25) is 0 Å². The average molecular weight is 498 g/mol. The molecule has 1 aromatic rings. The molecular weight excluding hydrogens is 477 g/mol. The molecule has 0 aromatic heterocycles. The van der Waals surface area contributed by atoms with Crippen LogP contribution in [0.4, 0.5) is 0 Å². The van der Waals surface area contributed by atoms with Crippen molar-refractivity contribution in [2.75, 3.05) is 33.6 Å². The van der Waals surface area contributed by atoms with Crippen LogP contribution in [-0.2, 0) is 11.3 Å². The summed E-state index contributed by atoms with van der Waals surface area (Å²) in [4.78, 5) is 4.24. The summed E-state index contributed by atoms with van der Waals surface area (Å²) in [5.74, 6) is 2.91. The number of benzene rings is 1. The summed E-state index contributed by atoms with van der Waals surface area (Å²) >= 11 is 3.51. The van der Waals surface area contributed by atoms with E-state index in [1.807, 2.05) is 12.1 Å². The molecule has 2 aliphatic rings. The van der Waals surface area contributed by atoms with Crippen LogP contribution in [-0.4, -0.2) is 39.6 Å². The minimum atomic E-state index is 0. The summed E-state index contributed by atoms with van der Waals surface area (Å²) in [5.41, 5.74) is 1.10. The predicted octanol–water partition coefficient (Wildman–Crippen LogP) is 2.50. The molecule has 128 valence electrons. The lowest BCUT2D eigenvalue weighted by Gasteiger charge is -2.14. The van der Waals surface area contributed by atoms with Gasteiger partial charge in [0.25, 0.3) is 0 Å². The van der Waals surface area contributed by atoms with E-state index in [-0.39, 0.29) is 30.8 Å². The molecule has 1 fully saturated rings. The van der Waals surface area contributed by atoms with Crippen molar-refractivity contribution in [2.45, 2.75) is 13.0 Å². The van der Waals surface area contributed by atoms with Gasteiger partial charge in [-0.1, -0.05) is 0 Å². The minimum absolute atomic E-state index is 0. The molecular formula is C15H21BrIN3O3. The van der Waals surface area contributed by atoms with Crippen LogP contribution >= 0.6 is 39.9 Å². The fourth-order valence-electron chi connectivity index (χ4n) is 2.51. The molecule has 1 aromatic carbocycles. The van der Waals surface area contributed by atoms with Gasteiger partial charge >= 0.3 is 0 Å². The quantitative estimate of drug-likeness (QED) is 0.380. The molecule has 0 aliphatic carbocycles. The van der Waals surface area contributed by atoms with Crippen molar-refractivity contribution in [1.29, 1.82) is 0 Å². The number of hydrogen-bond donors (Lipinski definition) is 2. The van der Waals surface area contributed by atoms with Crippen LogP contribution in [0, 0.1) is 5.92 Å². The third kappa shape index (κ3) is 4.87. The summed E-state index contributed by atoms with van der Waals surface area (Å²) in [7, 11) is 1.77. The van der Waals surface area contributed by atoms with E-state index in [1.165, 1.54) is 0 Å². The zero-order chi connectivity index (χ0) is 15.4. The highest BCUT2D eigenvalue weighted by Crippen LogP contribution is 2.39. The largest absolute Gasteiger partial charge is 0.454 e. The Bertz CT molecular complexity index is 565. The van der Waals surface area contributed by atoms with Crippen molar-refractivity contribution in [3.8, 4) is 11.5 Å². The van der Waals surface area contributed by atoms with E-state index in [4.69, 9.17) is 14.2 Å². The number of nitrogens with zero attached hydrogens (tertiary/aromatic N) is 1. The van der Waals surface area contributed by atoms with Gasteiger partial charge in [0.05, 0.1) is 11.1 Å². The molecule has 8 heteroatoms. The van der Waals surface area contributed by atoms with E-state index in [2.05, 4.69) is 31.6 Å². The summed E-state index contributed by atoms with van der Waals surface area (Å²) in [6.45, 7) is 3.51. The van der Waals surface area contributed by atoms with E-state index < -0.39 is 0 Å². The van der Waals surface area contributed by atoms with Crippen LogP contribution in [0.3, 0.4) is 0 Å². The maximum absolute atomic E-state index is 5.43. The second kappa shape index (κ2) is 8.93. The molecule has 0 spiro atoms. The smallest absolute Gasteiger partial charge is 0.231 e. The average Bonchev–Trinajstić information content (AvgIpc) is 3.18. The van der Waals surface area contributed by atoms with E-state index in [1.54, 1.807) is 7.05 Å². The summed E-state index contributed by atoms with van der Waals surface area (Å²) in [6, 6.07) is 4.01. The first-order valence-corrected chi connectivity index (χ1v) is 8.16. The topological polar surface area (TPSA) is 64.1 Å². The van der Waals surface area contributed by atoms with Crippen molar-refractivity contribution in [2.24, 2.45) is 10.9 Å². The van der Waals surface area contributed by atoms with Crippen molar-refractivity contribution >= 4 is 45.9 Å². The van der Waals surface area contributed by atoms with Crippen LogP contribution in [0.15, 0.2) is 21.6 Å². The van der Waals surface area contributed by atoms with Gasteiger partial charge in [0, 0.05) is 32.7 Å². The van der Waals surface area contributed by atoms with E-state index in [0.29, 0.717) is 12.5 Å². The maximum atomic E-state index is 5.43. The molecule has 0 amide bonds. The summed E-state index contributed by atoms with van der Waals surface area (Å²) < 4.78 is 17.1. The number of hydrogen-bond acceptors (Lipinski definition) is 4. The highest BCUT2D eigenvalue weighted by atomic mass is 127. The number of halogens is 2. The van der Waals surface area contributed by atoms with Gasteiger partial charge in [-0.05, 0) is 40.0 Å². The standard InChI is InChI=1S/C15H20BrN3O3.HI/c1-17-15(18-6-10-2-3-20-8-10)19-7-11-4-12(16)14-13(5-11)21-9-22-14;/h4-5,10H,2-3,6-9H2,1H3,(H2,17,18,19);1H. The van der Waals surface area contributed by atoms with Gasteiger partial charge in [-0.25, -0.2) is 0 Å². The van der Waals surface area contributed by atoms with Crippen molar-refractivity contribution in [3.63, 3.8) is 0 Å². The number of fused-ring (bicyclic) bond motifs is 1. The highest BCUT2D eigenvalue weighted by molar-refractivity contribution is 14.0. The summed E-state index contributed by atoms with van der Waals surface area (Å²) in [6.07, 6.45) is 1.11. The van der Waals surface area contributed by atoms with Gasteiger partial charge in [-0.15, -0.1) is 24.0 Å². The molecule has 0 bridgehead atoms. The normalized spacial score (nSPS) is 19.4.